The summed E-state index contributed by atoms with van der Waals surface area (Å²) in [6.07, 6.45) is 3.76. The summed E-state index contributed by atoms with van der Waals surface area (Å²) in [5.74, 6) is 0.723. The standard InChI is InChI=1S/C12H21NO2/c1-7(11(14)15)13-10-6-8-4-5-9(10)12(8,2)3/h7-10,13H,4-6H2,1-3H3,(H,14,15)/t7-,8?,9?,10?/m1/s1. The molecule has 0 spiro atoms. The molecule has 2 N–H and O–H groups in total. The Morgan fingerprint density at radius 1 is 1.47 bits per heavy atom. The quantitative estimate of drug-likeness (QED) is 0.749. The third-order valence-corrected chi connectivity index (χ3v) is 4.69. The molecule has 2 rings (SSSR count). The highest BCUT2D eigenvalue weighted by Crippen LogP contribution is 2.57. The fourth-order valence-corrected chi connectivity index (χ4v) is 3.62. The summed E-state index contributed by atoms with van der Waals surface area (Å²) in [4.78, 5) is 10.8. The van der Waals surface area contributed by atoms with E-state index in [2.05, 4.69) is 19.2 Å². The van der Waals surface area contributed by atoms with Crippen molar-refractivity contribution in [3.8, 4) is 0 Å². The molecule has 3 nitrogen and oxygen atoms in total. The number of fused-ring (bicyclic) bond motifs is 2. The number of carbonyl (C=O) groups is 1. The minimum absolute atomic E-state index is 0.412. The van der Waals surface area contributed by atoms with E-state index < -0.39 is 12.0 Å². The van der Waals surface area contributed by atoms with E-state index in [0.29, 0.717) is 17.4 Å². The molecule has 2 bridgehead atoms. The van der Waals surface area contributed by atoms with Gasteiger partial charge in [0.1, 0.15) is 6.04 Å². The monoisotopic (exact) mass is 211 g/mol. The molecule has 86 valence electrons. The fraction of sp³-hybridized carbons (Fsp3) is 0.917. The predicted octanol–water partition coefficient (Wildman–Crippen LogP) is 1.87. The van der Waals surface area contributed by atoms with Gasteiger partial charge in [-0.1, -0.05) is 13.8 Å². The lowest BCUT2D eigenvalue weighted by Gasteiger charge is -2.28. The van der Waals surface area contributed by atoms with E-state index in [1.165, 1.54) is 12.8 Å². The van der Waals surface area contributed by atoms with Gasteiger partial charge in [-0.15, -0.1) is 0 Å². The Balaban J connectivity index is 2.00. The van der Waals surface area contributed by atoms with Crippen LogP contribution in [-0.2, 0) is 4.79 Å². The summed E-state index contributed by atoms with van der Waals surface area (Å²) >= 11 is 0. The zero-order valence-corrected chi connectivity index (χ0v) is 9.79. The third kappa shape index (κ3) is 1.67. The van der Waals surface area contributed by atoms with E-state index in [1.807, 2.05) is 0 Å². The summed E-state index contributed by atoms with van der Waals surface area (Å²) in [6.45, 7) is 6.41. The van der Waals surface area contributed by atoms with Crippen molar-refractivity contribution in [3.05, 3.63) is 0 Å². The van der Waals surface area contributed by atoms with E-state index in [9.17, 15) is 4.79 Å². The summed E-state index contributed by atoms with van der Waals surface area (Å²) < 4.78 is 0. The second-order valence-corrected chi connectivity index (χ2v) is 5.77. The van der Waals surface area contributed by atoms with Crippen molar-refractivity contribution in [1.29, 1.82) is 0 Å². The minimum Gasteiger partial charge on any atom is -0.480 e. The van der Waals surface area contributed by atoms with Crippen LogP contribution in [0.2, 0.25) is 0 Å². The average molecular weight is 211 g/mol. The smallest absolute Gasteiger partial charge is 0.320 e. The SMILES string of the molecule is C[C@@H](NC1CC2CCC1C2(C)C)C(=O)O. The molecule has 0 saturated heterocycles. The van der Waals surface area contributed by atoms with Gasteiger partial charge in [0.15, 0.2) is 0 Å². The van der Waals surface area contributed by atoms with Gasteiger partial charge in [-0.2, -0.15) is 0 Å². The number of carboxylic acid groups (broad SMARTS) is 1. The van der Waals surface area contributed by atoms with Crippen LogP contribution in [0.15, 0.2) is 0 Å². The van der Waals surface area contributed by atoms with E-state index in [0.717, 1.165) is 12.3 Å². The highest BCUT2D eigenvalue weighted by Gasteiger charge is 2.53. The van der Waals surface area contributed by atoms with Crippen molar-refractivity contribution in [3.63, 3.8) is 0 Å². The molecule has 2 aliphatic rings. The molecule has 0 aliphatic heterocycles. The molecule has 3 heteroatoms. The molecule has 0 heterocycles. The van der Waals surface area contributed by atoms with Crippen molar-refractivity contribution < 1.29 is 9.90 Å². The maximum absolute atomic E-state index is 10.8. The number of hydrogen-bond donors (Lipinski definition) is 2. The van der Waals surface area contributed by atoms with Gasteiger partial charge < -0.3 is 10.4 Å². The summed E-state index contributed by atoms with van der Waals surface area (Å²) in [6, 6.07) is 0.00926. The van der Waals surface area contributed by atoms with Gasteiger partial charge in [0.2, 0.25) is 0 Å². The number of carboxylic acids is 1. The van der Waals surface area contributed by atoms with Gasteiger partial charge in [-0.25, -0.2) is 0 Å². The summed E-state index contributed by atoms with van der Waals surface area (Å²) in [5, 5.41) is 12.1. The Morgan fingerprint density at radius 2 is 2.13 bits per heavy atom. The maximum atomic E-state index is 10.8. The normalized spacial score (nSPS) is 39.3. The Kier molecular flexibility index (Phi) is 2.53. The highest BCUT2D eigenvalue weighted by molar-refractivity contribution is 5.72. The van der Waals surface area contributed by atoms with Crippen LogP contribution in [0.3, 0.4) is 0 Å². The lowest BCUT2D eigenvalue weighted by atomic mass is 9.81. The van der Waals surface area contributed by atoms with Crippen LogP contribution in [0.4, 0.5) is 0 Å². The zero-order valence-electron chi connectivity index (χ0n) is 9.79. The van der Waals surface area contributed by atoms with Crippen LogP contribution >= 0.6 is 0 Å². The molecule has 0 aromatic rings. The van der Waals surface area contributed by atoms with Gasteiger partial charge in [0.05, 0.1) is 0 Å². The zero-order chi connectivity index (χ0) is 11.2. The molecular formula is C12H21NO2. The van der Waals surface area contributed by atoms with Crippen molar-refractivity contribution in [2.24, 2.45) is 17.3 Å². The van der Waals surface area contributed by atoms with E-state index >= 15 is 0 Å². The van der Waals surface area contributed by atoms with Gasteiger partial charge in [-0.3, -0.25) is 4.79 Å². The molecular weight excluding hydrogens is 190 g/mol. The molecule has 0 aromatic heterocycles. The third-order valence-electron chi connectivity index (χ3n) is 4.69. The largest absolute Gasteiger partial charge is 0.480 e. The van der Waals surface area contributed by atoms with E-state index in [1.54, 1.807) is 6.92 Å². The molecule has 0 aromatic carbocycles. The number of aliphatic carboxylic acids is 1. The Labute approximate surface area is 91.2 Å². The second-order valence-electron chi connectivity index (χ2n) is 5.77. The molecule has 2 aliphatic carbocycles. The molecule has 4 atom stereocenters. The van der Waals surface area contributed by atoms with Crippen LogP contribution in [-0.4, -0.2) is 23.2 Å². The van der Waals surface area contributed by atoms with Gasteiger partial charge in [-0.05, 0) is 43.4 Å². The number of rotatable bonds is 3. The minimum atomic E-state index is -0.740. The first-order valence-electron chi connectivity index (χ1n) is 5.91. The van der Waals surface area contributed by atoms with Crippen LogP contribution in [0, 0.1) is 17.3 Å². The van der Waals surface area contributed by atoms with Crippen LogP contribution < -0.4 is 5.32 Å². The molecule has 2 saturated carbocycles. The first-order valence-corrected chi connectivity index (χ1v) is 5.91. The number of hydrogen-bond acceptors (Lipinski definition) is 2. The van der Waals surface area contributed by atoms with Crippen LogP contribution in [0.25, 0.3) is 0 Å². The second kappa shape index (κ2) is 3.48. The van der Waals surface area contributed by atoms with Crippen LogP contribution in [0.5, 0.6) is 0 Å². The molecule has 15 heavy (non-hydrogen) atoms. The Hall–Kier alpha value is -0.570. The lowest BCUT2D eigenvalue weighted by molar-refractivity contribution is -0.139. The average Bonchev–Trinajstić information content (AvgIpc) is 2.54. The lowest BCUT2D eigenvalue weighted by Crippen LogP contribution is -2.44. The summed E-state index contributed by atoms with van der Waals surface area (Å²) in [7, 11) is 0. The summed E-state index contributed by atoms with van der Waals surface area (Å²) in [5.41, 5.74) is 0.413. The predicted molar refractivity (Wildman–Crippen MR) is 58.6 cm³/mol. The Morgan fingerprint density at radius 3 is 2.53 bits per heavy atom. The van der Waals surface area contributed by atoms with Crippen molar-refractivity contribution in [2.75, 3.05) is 0 Å². The molecule has 0 amide bonds. The number of nitrogens with one attached hydrogen (secondary N) is 1. The molecule has 2 fully saturated rings. The fourth-order valence-electron chi connectivity index (χ4n) is 3.62. The van der Waals surface area contributed by atoms with E-state index in [4.69, 9.17) is 5.11 Å². The maximum Gasteiger partial charge on any atom is 0.320 e. The Bertz CT molecular complexity index is 275. The molecule has 0 radical (unpaired) electrons. The molecule has 3 unspecified atom stereocenters. The van der Waals surface area contributed by atoms with E-state index in [-0.39, 0.29) is 0 Å². The topological polar surface area (TPSA) is 49.3 Å². The van der Waals surface area contributed by atoms with Gasteiger partial charge in [0.25, 0.3) is 0 Å². The van der Waals surface area contributed by atoms with Crippen LogP contribution in [0.1, 0.15) is 40.0 Å². The van der Waals surface area contributed by atoms with Crippen molar-refractivity contribution in [1.82, 2.24) is 5.32 Å². The first-order chi connectivity index (χ1) is 6.93. The first kappa shape index (κ1) is 10.9. The van der Waals surface area contributed by atoms with Crippen molar-refractivity contribution >= 4 is 5.97 Å². The van der Waals surface area contributed by atoms with Gasteiger partial charge >= 0.3 is 5.97 Å². The highest BCUT2D eigenvalue weighted by atomic mass is 16.4. The van der Waals surface area contributed by atoms with Crippen molar-refractivity contribution in [2.45, 2.75) is 52.1 Å². The van der Waals surface area contributed by atoms with Gasteiger partial charge in [0, 0.05) is 6.04 Å².